The van der Waals surface area contributed by atoms with Crippen molar-refractivity contribution in [2.75, 3.05) is 30.8 Å². The van der Waals surface area contributed by atoms with Crippen LogP contribution in [-0.4, -0.2) is 56.1 Å². The highest BCUT2D eigenvalue weighted by Crippen LogP contribution is 2.24. The Hall–Kier alpha value is -2.88. The number of nitrogens with one attached hydrogen (secondary N) is 2. The molecule has 1 amide bonds. The van der Waals surface area contributed by atoms with Crippen LogP contribution in [0.25, 0.3) is 11.0 Å². The summed E-state index contributed by atoms with van der Waals surface area (Å²) < 4.78 is 7.24. The van der Waals surface area contributed by atoms with E-state index in [9.17, 15) is 4.79 Å². The number of carbonyl (C=O) groups is 1. The Kier molecular flexibility index (Phi) is 8.05. The Morgan fingerprint density at radius 1 is 1.29 bits per heavy atom. The third-order valence-electron chi connectivity index (χ3n) is 4.33. The van der Waals surface area contributed by atoms with E-state index in [1.165, 1.54) is 0 Å². The van der Waals surface area contributed by atoms with Crippen LogP contribution < -0.4 is 15.4 Å². The number of hydrogen-bond acceptors (Lipinski definition) is 8. The molecule has 0 aromatic carbocycles. The normalized spacial score (nSPS) is 11.1. The number of thioether (sulfide) groups is 1. The lowest BCUT2D eigenvalue weighted by atomic mass is 10.2. The molecule has 0 radical (unpaired) electrons. The second kappa shape index (κ2) is 10.9. The molecule has 31 heavy (non-hydrogen) atoms. The Bertz CT molecular complexity index is 1020. The largest absolute Gasteiger partial charge is 0.477 e. The lowest BCUT2D eigenvalue weighted by Gasteiger charge is -2.11. The van der Waals surface area contributed by atoms with Gasteiger partial charge in [-0.05, 0) is 30.7 Å². The summed E-state index contributed by atoms with van der Waals surface area (Å²) in [6, 6.07) is 3.42. The molecule has 3 aromatic rings. The summed E-state index contributed by atoms with van der Waals surface area (Å²) in [5.41, 5.74) is 1.17. The van der Waals surface area contributed by atoms with Gasteiger partial charge in [0.2, 0.25) is 5.88 Å². The van der Waals surface area contributed by atoms with E-state index < -0.39 is 0 Å². The minimum atomic E-state index is -0.232. The van der Waals surface area contributed by atoms with E-state index in [0.717, 1.165) is 29.1 Å². The van der Waals surface area contributed by atoms with Gasteiger partial charge in [-0.25, -0.2) is 19.6 Å². The van der Waals surface area contributed by atoms with Crippen molar-refractivity contribution >= 4 is 34.5 Å². The van der Waals surface area contributed by atoms with Crippen molar-refractivity contribution in [1.29, 1.82) is 0 Å². The molecule has 0 aliphatic heterocycles. The van der Waals surface area contributed by atoms with Crippen LogP contribution in [0, 0.1) is 5.92 Å². The van der Waals surface area contributed by atoms with E-state index in [4.69, 9.17) is 4.74 Å². The van der Waals surface area contributed by atoms with E-state index in [1.54, 1.807) is 41.0 Å². The van der Waals surface area contributed by atoms with Crippen molar-refractivity contribution in [2.45, 2.75) is 39.4 Å². The van der Waals surface area contributed by atoms with Crippen molar-refractivity contribution in [1.82, 2.24) is 30.0 Å². The van der Waals surface area contributed by atoms with Crippen molar-refractivity contribution in [3.63, 3.8) is 0 Å². The Morgan fingerprint density at radius 2 is 2.13 bits per heavy atom. The molecule has 0 bridgehead atoms. The van der Waals surface area contributed by atoms with Crippen molar-refractivity contribution < 1.29 is 9.53 Å². The summed E-state index contributed by atoms with van der Waals surface area (Å²) in [7, 11) is 0. The van der Waals surface area contributed by atoms with Crippen LogP contribution in [0.15, 0.2) is 29.7 Å². The summed E-state index contributed by atoms with van der Waals surface area (Å²) in [6.07, 6.45) is 3.38. The second-order valence-electron chi connectivity index (χ2n) is 7.21. The van der Waals surface area contributed by atoms with E-state index in [1.807, 2.05) is 6.92 Å². The minimum Gasteiger partial charge on any atom is -0.477 e. The Labute approximate surface area is 186 Å². The maximum atomic E-state index is 12.6. The van der Waals surface area contributed by atoms with Gasteiger partial charge in [-0.2, -0.15) is 5.10 Å². The van der Waals surface area contributed by atoms with E-state index in [0.29, 0.717) is 42.2 Å². The van der Waals surface area contributed by atoms with Crippen molar-refractivity contribution in [3.05, 3.63) is 30.1 Å². The third kappa shape index (κ3) is 5.84. The van der Waals surface area contributed by atoms with Gasteiger partial charge < -0.3 is 15.4 Å². The zero-order valence-electron chi connectivity index (χ0n) is 18.4. The Morgan fingerprint density at radius 3 is 2.87 bits per heavy atom. The highest BCUT2D eigenvalue weighted by molar-refractivity contribution is 7.99. The predicted molar refractivity (Wildman–Crippen MR) is 123 cm³/mol. The molecule has 0 saturated heterocycles. The van der Waals surface area contributed by atoms with Crippen LogP contribution >= 0.6 is 11.8 Å². The average Bonchev–Trinajstić information content (AvgIpc) is 3.16. The van der Waals surface area contributed by atoms with Crippen LogP contribution in [0.5, 0.6) is 5.88 Å². The fourth-order valence-electron chi connectivity index (χ4n) is 2.91. The number of carbonyl (C=O) groups excluding carboxylic acids is 1. The van der Waals surface area contributed by atoms with E-state index in [2.05, 4.69) is 51.5 Å². The van der Waals surface area contributed by atoms with E-state index in [-0.39, 0.29) is 5.91 Å². The molecule has 2 N–H and O–H groups in total. The van der Waals surface area contributed by atoms with Crippen LogP contribution in [-0.2, 0) is 6.54 Å². The van der Waals surface area contributed by atoms with Gasteiger partial charge in [-0.15, -0.1) is 0 Å². The SMILES string of the molecule is CCOc1ncccc1C(=O)NCCn1ncc2c(NCC(C)C)nc(SCC)nc21. The number of amides is 1. The van der Waals surface area contributed by atoms with Gasteiger partial charge in [0.1, 0.15) is 11.4 Å². The molecule has 9 nitrogen and oxygen atoms in total. The highest BCUT2D eigenvalue weighted by Gasteiger charge is 2.15. The van der Waals surface area contributed by atoms with Crippen molar-refractivity contribution in [3.8, 4) is 5.88 Å². The second-order valence-corrected chi connectivity index (χ2v) is 8.44. The lowest BCUT2D eigenvalue weighted by Crippen LogP contribution is -2.28. The van der Waals surface area contributed by atoms with Gasteiger partial charge in [0.05, 0.1) is 24.7 Å². The number of nitrogens with zero attached hydrogens (tertiary/aromatic N) is 5. The fourth-order valence-corrected chi connectivity index (χ4v) is 3.48. The summed E-state index contributed by atoms with van der Waals surface area (Å²) in [4.78, 5) is 26.0. The number of hydrogen-bond donors (Lipinski definition) is 2. The standard InChI is InChI=1S/C21H29N7O2S/c1-5-30-20-15(8-7-9-23-20)19(29)22-10-11-28-18-16(13-25-28)17(24-12-14(3)4)26-21(27-18)31-6-2/h7-9,13-14H,5-6,10-12H2,1-4H3,(H,22,29)(H,24,26,27). The van der Waals surface area contributed by atoms with Gasteiger partial charge >= 0.3 is 0 Å². The first kappa shape index (κ1) is 22.8. The van der Waals surface area contributed by atoms with Gasteiger partial charge in [-0.1, -0.05) is 32.5 Å². The number of pyridine rings is 1. The van der Waals surface area contributed by atoms with Crippen LogP contribution in [0.1, 0.15) is 38.1 Å². The number of fused-ring (bicyclic) bond motifs is 1. The zero-order chi connectivity index (χ0) is 22.2. The number of aromatic nitrogens is 5. The molecule has 0 saturated carbocycles. The lowest BCUT2D eigenvalue weighted by molar-refractivity contribution is 0.0947. The fraction of sp³-hybridized carbons (Fsp3) is 0.476. The molecule has 0 unspecified atom stereocenters. The van der Waals surface area contributed by atoms with Crippen molar-refractivity contribution in [2.24, 2.45) is 5.92 Å². The average molecular weight is 444 g/mol. The number of ether oxygens (including phenoxy) is 1. The highest BCUT2D eigenvalue weighted by atomic mass is 32.2. The topological polar surface area (TPSA) is 107 Å². The molecule has 0 spiro atoms. The van der Waals surface area contributed by atoms with Crippen LogP contribution in [0.2, 0.25) is 0 Å². The van der Waals surface area contributed by atoms with Crippen LogP contribution in [0.3, 0.4) is 0 Å². The summed E-state index contributed by atoms with van der Waals surface area (Å²) in [5, 5.41) is 12.4. The molecular formula is C21H29N7O2S. The maximum Gasteiger partial charge on any atom is 0.256 e. The Balaban J connectivity index is 1.74. The monoisotopic (exact) mass is 443 g/mol. The molecule has 3 heterocycles. The van der Waals surface area contributed by atoms with E-state index >= 15 is 0 Å². The van der Waals surface area contributed by atoms with Gasteiger partial charge in [-0.3, -0.25) is 4.79 Å². The van der Waals surface area contributed by atoms with Gasteiger partial charge in [0, 0.05) is 19.3 Å². The zero-order valence-corrected chi connectivity index (χ0v) is 19.2. The first-order valence-electron chi connectivity index (χ1n) is 10.5. The third-order valence-corrected chi connectivity index (χ3v) is 5.06. The molecule has 0 aliphatic carbocycles. The molecular weight excluding hydrogens is 414 g/mol. The predicted octanol–water partition coefficient (Wildman–Crippen LogP) is 3.23. The smallest absolute Gasteiger partial charge is 0.256 e. The molecule has 10 heteroatoms. The molecule has 3 rings (SSSR count). The summed E-state index contributed by atoms with van der Waals surface area (Å²) >= 11 is 1.59. The minimum absolute atomic E-state index is 0.232. The van der Waals surface area contributed by atoms with Gasteiger partial charge in [0.15, 0.2) is 10.8 Å². The molecule has 0 fully saturated rings. The maximum absolute atomic E-state index is 12.6. The first-order chi connectivity index (χ1) is 15.0. The number of anilines is 1. The summed E-state index contributed by atoms with van der Waals surface area (Å²) in [5.74, 6) is 2.27. The quantitative estimate of drug-likeness (QED) is 0.344. The molecule has 0 atom stereocenters. The first-order valence-corrected chi connectivity index (χ1v) is 11.5. The number of rotatable bonds is 11. The molecule has 166 valence electrons. The summed E-state index contributed by atoms with van der Waals surface area (Å²) in [6.45, 7) is 10.4. The molecule has 3 aromatic heterocycles. The van der Waals surface area contributed by atoms with Gasteiger partial charge in [0.25, 0.3) is 5.91 Å². The van der Waals surface area contributed by atoms with Crippen LogP contribution in [0.4, 0.5) is 5.82 Å². The molecule has 0 aliphatic rings.